The zero-order chi connectivity index (χ0) is 31.1. The molecule has 0 fully saturated rings. The quantitative estimate of drug-likeness (QED) is 0.222. The summed E-state index contributed by atoms with van der Waals surface area (Å²) in [4.78, 5) is 55.0. The summed E-state index contributed by atoms with van der Waals surface area (Å²) < 4.78 is 36.3. The highest BCUT2D eigenvalue weighted by molar-refractivity contribution is 7.73. The van der Waals surface area contributed by atoms with E-state index in [2.05, 4.69) is 0 Å². The van der Waals surface area contributed by atoms with Crippen molar-refractivity contribution < 1.29 is 42.7 Å². The molecule has 1 aliphatic heterocycles. The fourth-order valence-corrected chi connectivity index (χ4v) is 8.82. The summed E-state index contributed by atoms with van der Waals surface area (Å²) in [7, 11) is 0.267. The topological polar surface area (TPSA) is 122 Å². The van der Waals surface area contributed by atoms with E-state index in [0.29, 0.717) is 16.7 Å². The molecule has 3 unspecified atom stereocenters. The van der Waals surface area contributed by atoms with Gasteiger partial charge in [-0.3, -0.25) is 9.59 Å². The van der Waals surface area contributed by atoms with Gasteiger partial charge < -0.3 is 23.5 Å². The van der Waals surface area contributed by atoms with Crippen LogP contribution >= 0.6 is 7.14 Å². The minimum Gasteiger partial charge on any atom is -0.469 e. The van der Waals surface area contributed by atoms with Gasteiger partial charge in [-0.25, -0.2) is 9.59 Å². The molecule has 3 aromatic rings. The summed E-state index contributed by atoms with van der Waals surface area (Å²) in [5.41, 5.74) is -0.975. The number of hydrogen-bond acceptors (Lipinski definition) is 9. The van der Waals surface area contributed by atoms with Gasteiger partial charge in [-0.2, -0.15) is 0 Å². The molecule has 0 spiro atoms. The molecule has 0 bridgehead atoms. The van der Waals surface area contributed by atoms with Gasteiger partial charge in [-0.05, 0) is 16.7 Å². The van der Waals surface area contributed by atoms with Crippen LogP contribution < -0.4 is 5.30 Å². The van der Waals surface area contributed by atoms with Crippen LogP contribution in [0.4, 0.5) is 0 Å². The molecule has 0 saturated heterocycles. The van der Waals surface area contributed by atoms with Crippen LogP contribution in [0.3, 0.4) is 0 Å². The van der Waals surface area contributed by atoms with E-state index in [1.54, 1.807) is 91.0 Å². The molecule has 1 heterocycles. The average Bonchev–Trinajstić information content (AvgIpc) is 3.06. The van der Waals surface area contributed by atoms with Crippen LogP contribution in [0.15, 0.2) is 102 Å². The van der Waals surface area contributed by atoms with Crippen molar-refractivity contribution in [2.24, 2.45) is 5.92 Å². The first-order valence-electron chi connectivity index (χ1n) is 13.3. The zero-order valence-corrected chi connectivity index (χ0v) is 25.0. The molecular weight excluding hydrogens is 571 g/mol. The first-order valence-corrected chi connectivity index (χ1v) is 15.2. The summed E-state index contributed by atoms with van der Waals surface area (Å²) >= 11 is 0. The molecule has 3 atom stereocenters. The SMILES string of the molecule is COC(=O)C1=C(C(=O)OC)C(C(=O)OC)C(C(=O)OC)P(=O)(c2ccccc2)CC(c2ccccc2)=C1c1ccccc1. The molecular formula is C33H31O9P. The Morgan fingerprint density at radius 1 is 0.628 bits per heavy atom. The Hall–Kier alpha value is -4.75. The minimum atomic E-state index is -4.10. The molecule has 0 amide bonds. The van der Waals surface area contributed by atoms with Gasteiger partial charge in [0.25, 0.3) is 0 Å². The van der Waals surface area contributed by atoms with E-state index in [0.717, 1.165) is 28.4 Å². The van der Waals surface area contributed by atoms with E-state index < -0.39 is 48.2 Å². The molecule has 0 aromatic heterocycles. The smallest absolute Gasteiger partial charge is 0.339 e. The second kappa shape index (κ2) is 13.5. The van der Waals surface area contributed by atoms with Crippen LogP contribution in [-0.2, 0) is 42.7 Å². The lowest BCUT2D eigenvalue weighted by Crippen LogP contribution is -2.44. The number of esters is 4. The first-order chi connectivity index (χ1) is 20.7. The van der Waals surface area contributed by atoms with Crippen molar-refractivity contribution in [2.75, 3.05) is 34.6 Å². The van der Waals surface area contributed by atoms with Gasteiger partial charge in [0.1, 0.15) is 18.7 Å². The molecule has 0 aliphatic carbocycles. The highest BCUT2D eigenvalue weighted by Crippen LogP contribution is 2.60. The number of carbonyl (C=O) groups is 4. The number of benzene rings is 3. The second-order valence-electron chi connectivity index (χ2n) is 9.62. The highest BCUT2D eigenvalue weighted by Gasteiger charge is 2.55. The van der Waals surface area contributed by atoms with Crippen molar-refractivity contribution in [3.63, 3.8) is 0 Å². The molecule has 1 aliphatic rings. The van der Waals surface area contributed by atoms with E-state index in [-0.39, 0.29) is 22.6 Å². The standard InChI is InChI=1S/C33H31O9P/c1-39-30(34)26-25(22-16-10-6-11-17-22)24(21-14-8-5-9-15-21)20-43(38,23-18-12-7-13-19-23)29(33(37)42-4)28(32(36)41-3)27(26)31(35)40-2/h5-19,28-29H,20H2,1-4H3. The van der Waals surface area contributed by atoms with E-state index in [9.17, 15) is 19.2 Å². The fraction of sp³-hybridized carbons (Fsp3) is 0.212. The van der Waals surface area contributed by atoms with Gasteiger partial charge in [-0.1, -0.05) is 91.0 Å². The number of hydrogen-bond donors (Lipinski definition) is 0. The number of rotatable bonds is 7. The molecule has 0 saturated carbocycles. The van der Waals surface area contributed by atoms with Crippen molar-refractivity contribution in [1.29, 1.82) is 0 Å². The van der Waals surface area contributed by atoms with Crippen LogP contribution in [0.2, 0.25) is 0 Å². The normalized spacial score (nSPS) is 20.4. The van der Waals surface area contributed by atoms with E-state index in [4.69, 9.17) is 18.9 Å². The minimum absolute atomic E-state index is 0.201. The van der Waals surface area contributed by atoms with Crippen LogP contribution in [0.5, 0.6) is 0 Å². The predicted molar refractivity (Wildman–Crippen MR) is 161 cm³/mol. The maximum absolute atomic E-state index is 15.7. The number of methoxy groups -OCH3 is 4. The van der Waals surface area contributed by atoms with Gasteiger partial charge >= 0.3 is 23.9 Å². The maximum Gasteiger partial charge on any atom is 0.339 e. The van der Waals surface area contributed by atoms with Gasteiger partial charge in [0.15, 0.2) is 0 Å². The molecule has 0 radical (unpaired) electrons. The van der Waals surface area contributed by atoms with Gasteiger partial charge in [0, 0.05) is 17.0 Å². The Bertz CT molecular complexity index is 1630. The summed E-state index contributed by atoms with van der Waals surface area (Å²) in [5, 5.41) is 0.269. The molecule has 9 nitrogen and oxygen atoms in total. The predicted octanol–water partition coefficient (Wildman–Crippen LogP) is 4.27. The zero-order valence-electron chi connectivity index (χ0n) is 24.1. The Labute approximate surface area is 249 Å². The van der Waals surface area contributed by atoms with Crippen LogP contribution in [0.25, 0.3) is 11.1 Å². The van der Waals surface area contributed by atoms with Crippen LogP contribution in [0.1, 0.15) is 11.1 Å². The molecule has 4 rings (SSSR count). The van der Waals surface area contributed by atoms with Crippen molar-refractivity contribution in [3.05, 3.63) is 113 Å². The van der Waals surface area contributed by atoms with E-state index >= 15 is 4.57 Å². The largest absolute Gasteiger partial charge is 0.469 e. The number of allylic oxidation sites excluding steroid dienone is 1. The monoisotopic (exact) mass is 602 g/mol. The van der Waals surface area contributed by atoms with Crippen molar-refractivity contribution in [3.8, 4) is 0 Å². The lowest BCUT2D eigenvalue weighted by molar-refractivity contribution is -0.152. The van der Waals surface area contributed by atoms with E-state index in [1.807, 2.05) is 0 Å². The molecule has 222 valence electrons. The first kappa shape index (κ1) is 31.2. The Kier molecular flexibility index (Phi) is 9.78. The second-order valence-corrected chi connectivity index (χ2v) is 12.6. The maximum atomic E-state index is 15.7. The number of ether oxygens (including phenoxy) is 4. The Morgan fingerprint density at radius 2 is 1.12 bits per heavy atom. The van der Waals surface area contributed by atoms with Gasteiger partial charge in [0.2, 0.25) is 0 Å². The third-order valence-electron chi connectivity index (χ3n) is 7.36. The summed E-state index contributed by atoms with van der Waals surface area (Å²) in [6.45, 7) is 0. The average molecular weight is 603 g/mol. The summed E-state index contributed by atoms with van der Waals surface area (Å²) in [6.07, 6.45) is -0.284. The van der Waals surface area contributed by atoms with Gasteiger partial charge in [0.05, 0.1) is 39.6 Å². The van der Waals surface area contributed by atoms with Crippen LogP contribution in [-0.4, -0.2) is 64.1 Å². The third-order valence-corrected chi connectivity index (χ3v) is 10.7. The Balaban J connectivity index is 2.36. The molecule has 3 aromatic carbocycles. The van der Waals surface area contributed by atoms with Crippen molar-refractivity contribution in [2.45, 2.75) is 5.66 Å². The summed E-state index contributed by atoms with van der Waals surface area (Å²) in [6, 6.07) is 25.8. The lowest BCUT2D eigenvalue weighted by atomic mass is 9.82. The van der Waals surface area contributed by atoms with E-state index in [1.165, 1.54) is 0 Å². The number of carbonyl (C=O) groups excluding carboxylic acids is 4. The Morgan fingerprint density at radius 3 is 1.60 bits per heavy atom. The molecule has 10 heteroatoms. The third kappa shape index (κ3) is 5.94. The molecule has 0 N–H and O–H groups in total. The molecule has 43 heavy (non-hydrogen) atoms. The lowest BCUT2D eigenvalue weighted by Gasteiger charge is -2.36. The fourth-order valence-electron chi connectivity index (χ4n) is 5.44. The van der Waals surface area contributed by atoms with Crippen molar-refractivity contribution in [1.82, 2.24) is 0 Å². The summed E-state index contributed by atoms with van der Waals surface area (Å²) in [5.74, 6) is -6.04. The van der Waals surface area contributed by atoms with Crippen molar-refractivity contribution >= 4 is 47.5 Å². The van der Waals surface area contributed by atoms with Gasteiger partial charge in [-0.15, -0.1) is 0 Å². The highest BCUT2D eigenvalue weighted by atomic mass is 31.2. The van der Waals surface area contributed by atoms with Crippen LogP contribution in [0, 0.1) is 5.92 Å².